The molecule has 29 heavy (non-hydrogen) atoms. The Morgan fingerprint density at radius 1 is 1.07 bits per heavy atom. The van der Waals surface area contributed by atoms with Crippen molar-refractivity contribution in [2.45, 2.75) is 52.9 Å². The number of carbonyl (C=O) groups is 1. The average Bonchev–Trinajstić information content (AvgIpc) is 2.71. The molecule has 0 saturated carbocycles. The highest BCUT2D eigenvalue weighted by atomic mass is 16.5. The first-order valence-corrected chi connectivity index (χ1v) is 10.0. The van der Waals surface area contributed by atoms with Crippen LogP contribution in [0.25, 0.3) is 0 Å². The number of para-hydroxylation sites is 1. The number of ether oxygens (including phenoxy) is 1. The van der Waals surface area contributed by atoms with Gasteiger partial charge in [-0.05, 0) is 50.1 Å². The summed E-state index contributed by atoms with van der Waals surface area (Å²) in [5, 5.41) is 12.3. The van der Waals surface area contributed by atoms with Gasteiger partial charge in [0.2, 0.25) is 0 Å². The summed E-state index contributed by atoms with van der Waals surface area (Å²) >= 11 is 0. The van der Waals surface area contributed by atoms with E-state index in [0.29, 0.717) is 23.9 Å². The van der Waals surface area contributed by atoms with Gasteiger partial charge in [0.25, 0.3) is 5.91 Å². The fourth-order valence-electron chi connectivity index (χ4n) is 2.91. The van der Waals surface area contributed by atoms with E-state index in [-0.39, 0.29) is 11.8 Å². The quantitative estimate of drug-likeness (QED) is 0.696. The van der Waals surface area contributed by atoms with Crippen LogP contribution in [0.2, 0.25) is 0 Å². The van der Waals surface area contributed by atoms with E-state index in [9.17, 15) is 10.1 Å². The Hall–Kier alpha value is -2.84. The summed E-state index contributed by atoms with van der Waals surface area (Å²) in [4.78, 5) is 15.1. The fourth-order valence-corrected chi connectivity index (χ4v) is 2.91. The maximum absolute atomic E-state index is 12.9. The first-order valence-electron chi connectivity index (χ1n) is 10.0. The van der Waals surface area contributed by atoms with Crippen molar-refractivity contribution in [1.82, 2.24) is 10.2 Å². The van der Waals surface area contributed by atoms with Crippen molar-refractivity contribution in [3.63, 3.8) is 0 Å². The molecule has 1 amide bonds. The molecule has 0 aliphatic rings. The summed E-state index contributed by atoms with van der Waals surface area (Å²) in [5.74, 6) is 0.214. The Balaban J connectivity index is 2.09. The molecule has 2 aromatic rings. The minimum absolute atomic E-state index is 0.0379. The molecule has 0 radical (unpaired) electrons. The van der Waals surface area contributed by atoms with Crippen LogP contribution in [0.5, 0.6) is 5.75 Å². The van der Waals surface area contributed by atoms with Crippen molar-refractivity contribution in [3.05, 3.63) is 65.2 Å². The SMILES string of the molecule is CC(C)C(Oc1ccccc1C#N)C(=O)NCc1ccccc1CN(C)C(C)C. The van der Waals surface area contributed by atoms with E-state index in [0.717, 1.165) is 12.1 Å². The normalized spacial score (nSPS) is 12.1. The highest BCUT2D eigenvalue weighted by Crippen LogP contribution is 2.21. The number of rotatable bonds is 9. The maximum atomic E-state index is 12.9. The summed E-state index contributed by atoms with van der Waals surface area (Å²) in [5.41, 5.74) is 2.71. The molecule has 0 aromatic heterocycles. The summed E-state index contributed by atoms with van der Waals surface area (Å²) in [7, 11) is 2.09. The van der Waals surface area contributed by atoms with Crippen molar-refractivity contribution < 1.29 is 9.53 Å². The van der Waals surface area contributed by atoms with Crippen LogP contribution in [0.3, 0.4) is 0 Å². The third-order valence-electron chi connectivity index (χ3n) is 5.00. The molecule has 154 valence electrons. The first kappa shape index (κ1) is 22.4. The molecule has 0 heterocycles. The van der Waals surface area contributed by atoms with Crippen LogP contribution < -0.4 is 10.1 Å². The summed E-state index contributed by atoms with van der Waals surface area (Å²) < 4.78 is 5.93. The second kappa shape index (κ2) is 10.6. The van der Waals surface area contributed by atoms with E-state index in [2.05, 4.69) is 43.2 Å². The number of hydrogen-bond donors (Lipinski definition) is 1. The average molecular weight is 394 g/mol. The lowest BCUT2D eigenvalue weighted by molar-refractivity contribution is -0.130. The lowest BCUT2D eigenvalue weighted by Crippen LogP contribution is -2.41. The third-order valence-corrected chi connectivity index (χ3v) is 5.00. The molecule has 0 aliphatic heterocycles. The number of nitriles is 1. The smallest absolute Gasteiger partial charge is 0.261 e. The zero-order valence-electron chi connectivity index (χ0n) is 18.0. The van der Waals surface area contributed by atoms with Gasteiger partial charge in [-0.3, -0.25) is 9.69 Å². The van der Waals surface area contributed by atoms with Crippen molar-refractivity contribution in [2.75, 3.05) is 7.05 Å². The van der Waals surface area contributed by atoms with Crippen LogP contribution in [-0.4, -0.2) is 30.0 Å². The van der Waals surface area contributed by atoms with Gasteiger partial charge in [0.1, 0.15) is 11.8 Å². The van der Waals surface area contributed by atoms with E-state index in [1.807, 2.05) is 32.0 Å². The van der Waals surface area contributed by atoms with Gasteiger partial charge in [-0.1, -0.05) is 50.2 Å². The van der Waals surface area contributed by atoms with E-state index in [1.165, 1.54) is 5.56 Å². The van der Waals surface area contributed by atoms with Gasteiger partial charge in [0.05, 0.1) is 5.56 Å². The number of amides is 1. The van der Waals surface area contributed by atoms with Crippen molar-refractivity contribution >= 4 is 5.91 Å². The highest BCUT2D eigenvalue weighted by molar-refractivity contribution is 5.81. The Bertz CT molecular complexity index is 855. The van der Waals surface area contributed by atoms with Gasteiger partial charge in [0.15, 0.2) is 6.10 Å². The van der Waals surface area contributed by atoms with E-state index >= 15 is 0 Å². The highest BCUT2D eigenvalue weighted by Gasteiger charge is 2.25. The van der Waals surface area contributed by atoms with Crippen LogP contribution in [0.4, 0.5) is 0 Å². The largest absolute Gasteiger partial charge is 0.479 e. The maximum Gasteiger partial charge on any atom is 0.261 e. The second-order valence-electron chi connectivity index (χ2n) is 7.89. The Morgan fingerprint density at radius 3 is 2.31 bits per heavy atom. The van der Waals surface area contributed by atoms with Gasteiger partial charge >= 0.3 is 0 Å². The number of hydrogen-bond acceptors (Lipinski definition) is 4. The number of benzene rings is 2. The predicted molar refractivity (Wildman–Crippen MR) is 115 cm³/mol. The Labute approximate surface area is 174 Å². The number of nitrogens with one attached hydrogen (secondary N) is 1. The van der Waals surface area contributed by atoms with Crippen molar-refractivity contribution in [2.24, 2.45) is 5.92 Å². The van der Waals surface area contributed by atoms with Crippen LogP contribution in [-0.2, 0) is 17.9 Å². The Kier molecular flexibility index (Phi) is 8.23. The van der Waals surface area contributed by atoms with Crippen LogP contribution in [0, 0.1) is 17.2 Å². The second-order valence-corrected chi connectivity index (χ2v) is 7.89. The van der Waals surface area contributed by atoms with Gasteiger partial charge in [-0.15, -0.1) is 0 Å². The predicted octanol–water partition coefficient (Wildman–Crippen LogP) is 4.12. The number of nitrogens with zero attached hydrogens (tertiary/aromatic N) is 2. The van der Waals surface area contributed by atoms with Crippen molar-refractivity contribution in [3.8, 4) is 11.8 Å². The topological polar surface area (TPSA) is 65.4 Å². The molecule has 5 nitrogen and oxygen atoms in total. The van der Waals surface area contributed by atoms with Crippen LogP contribution in [0.15, 0.2) is 48.5 Å². The summed E-state index contributed by atoms with van der Waals surface area (Å²) in [6.07, 6.45) is -0.671. The summed E-state index contributed by atoms with van der Waals surface area (Å²) in [6, 6.07) is 17.7. The molecule has 0 spiro atoms. The van der Waals surface area contributed by atoms with E-state index in [4.69, 9.17) is 4.74 Å². The molecule has 0 saturated heterocycles. The van der Waals surface area contributed by atoms with Crippen LogP contribution >= 0.6 is 0 Å². The molecule has 2 aromatic carbocycles. The van der Waals surface area contributed by atoms with Crippen molar-refractivity contribution in [1.29, 1.82) is 5.26 Å². The lowest BCUT2D eigenvalue weighted by Gasteiger charge is -2.24. The summed E-state index contributed by atoms with van der Waals surface area (Å²) in [6.45, 7) is 9.45. The van der Waals surface area contributed by atoms with Gasteiger partial charge in [-0.2, -0.15) is 5.26 Å². The molecule has 0 fully saturated rings. The molecular formula is C24H31N3O2. The molecular weight excluding hydrogens is 362 g/mol. The third kappa shape index (κ3) is 6.33. The zero-order chi connectivity index (χ0) is 21.4. The first-order chi connectivity index (χ1) is 13.8. The van der Waals surface area contributed by atoms with Gasteiger partial charge in [0, 0.05) is 19.1 Å². The molecule has 1 N–H and O–H groups in total. The van der Waals surface area contributed by atoms with E-state index < -0.39 is 6.10 Å². The Morgan fingerprint density at radius 2 is 1.69 bits per heavy atom. The fraction of sp³-hybridized carbons (Fsp3) is 0.417. The minimum atomic E-state index is -0.671. The number of carbonyl (C=O) groups excluding carboxylic acids is 1. The standard InChI is InChI=1S/C24H31N3O2/c1-17(2)23(29-22-13-9-8-10-19(22)14-25)24(28)26-15-20-11-6-7-12-21(20)16-27(5)18(3)4/h6-13,17-18,23H,15-16H2,1-5H3,(H,26,28). The molecule has 1 atom stereocenters. The zero-order valence-corrected chi connectivity index (χ0v) is 18.0. The monoisotopic (exact) mass is 393 g/mol. The van der Waals surface area contributed by atoms with Gasteiger partial charge in [-0.25, -0.2) is 0 Å². The molecule has 2 rings (SSSR count). The molecule has 0 aliphatic carbocycles. The molecule has 0 bridgehead atoms. The minimum Gasteiger partial charge on any atom is -0.479 e. The van der Waals surface area contributed by atoms with Gasteiger partial charge < -0.3 is 10.1 Å². The van der Waals surface area contributed by atoms with E-state index in [1.54, 1.807) is 24.3 Å². The lowest BCUT2D eigenvalue weighted by atomic mass is 10.0. The molecule has 1 unspecified atom stereocenters. The van der Waals surface area contributed by atoms with Crippen LogP contribution in [0.1, 0.15) is 44.4 Å². The molecule has 5 heteroatoms.